The molecule has 0 aromatic heterocycles. The van der Waals surface area contributed by atoms with Crippen molar-refractivity contribution in [1.82, 2.24) is 4.90 Å². The molecule has 1 aromatic carbocycles. The lowest BCUT2D eigenvalue weighted by Gasteiger charge is -2.14. The van der Waals surface area contributed by atoms with Gasteiger partial charge in [-0.15, -0.1) is 0 Å². The van der Waals surface area contributed by atoms with E-state index in [0.29, 0.717) is 15.7 Å². The molecule has 1 saturated heterocycles. The van der Waals surface area contributed by atoms with Crippen LogP contribution in [-0.2, 0) is 19.2 Å². The Hall–Kier alpha value is -2.24. The number of anilines is 1. The van der Waals surface area contributed by atoms with Gasteiger partial charge in [0.1, 0.15) is 10.9 Å². The molecule has 11 heteroatoms. The predicted octanol–water partition coefficient (Wildman–Crippen LogP) is 2.32. The maximum Gasteiger partial charge on any atom is 0.323 e. The second-order valence-corrected chi connectivity index (χ2v) is 8.53. The summed E-state index contributed by atoms with van der Waals surface area (Å²) in [6, 6.07) is 4.95. The lowest BCUT2D eigenvalue weighted by atomic mass is 10.1. The second-order valence-electron chi connectivity index (χ2n) is 5.97. The number of fused-ring (bicyclic) bond motifs is 1. The summed E-state index contributed by atoms with van der Waals surface area (Å²) in [6.07, 6.45) is 0.121. The molecule has 0 unspecified atom stereocenters. The number of amides is 2. The van der Waals surface area contributed by atoms with Gasteiger partial charge in [0.15, 0.2) is 0 Å². The molecule has 28 heavy (non-hydrogen) atoms. The molecule has 3 rings (SSSR count). The average Bonchev–Trinajstić information content (AvgIpc) is 3.02. The summed E-state index contributed by atoms with van der Waals surface area (Å²) in [6.45, 7) is -0.401. The Bertz CT molecular complexity index is 961. The first-order valence-corrected chi connectivity index (χ1v) is 10.1. The molecule has 8 nitrogen and oxygen atoms in total. The summed E-state index contributed by atoms with van der Waals surface area (Å²) < 4.78 is 0.907. The van der Waals surface area contributed by atoms with Crippen LogP contribution in [0, 0.1) is 0 Å². The number of hydrogen-bond acceptors (Lipinski definition) is 6. The number of aliphatic carboxylic acids is 2. The van der Waals surface area contributed by atoms with E-state index in [9.17, 15) is 19.2 Å². The number of hydrogen-bond donors (Lipinski definition) is 2. The molecule has 0 radical (unpaired) electrons. The molecular weight excluding hydrogens is 472 g/mol. The number of carbonyl (C=O) groups excluding carboxylic acids is 2. The third-order valence-corrected chi connectivity index (χ3v) is 6.06. The zero-order valence-electron chi connectivity index (χ0n) is 14.2. The van der Waals surface area contributed by atoms with Gasteiger partial charge in [0.25, 0.3) is 11.8 Å². The van der Waals surface area contributed by atoms with Gasteiger partial charge in [0, 0.05) is 23.0 Å². The van der Waals surface area contributed by atoms with Crippen molar-refractivity contribution in [2.75, 3.05) is 18.0 Å². The van der Waals surface area contributed by atoms with Gasteiger partial charge in [-0.2, -0.15) is 0 Å². The Morgan fingerprint density at radius 2 is 1.82 bits per heavy atom. The average molecular weight is 485 g/mol. The molecule has 2 aliphatic rings. The van der Waals surface area contributed by atoms with Gasteiger partial charge in [-0.05, 0) is 24.6 Å². The molecule has 2 N–H and O–H groups in total. The molecule has 2 aliphatic heterocycles. The minimum absolute atomic E-state index is 0.107. The summed E-state index contributed by atoms with van der Waals surface area (Å²) in [7, 11) is 0. The predicted molar refractivity (Wildman–Crippen MR) is 110 cm³/mol. The summed E-state index contributed by atoms with van der Waals surface area (Å²) in [4.78, 5) is 50.2. The number of carbonyl (C=O) groups is 4. The number of rotatable bonds is 6. The van der Waals surface area contributed by atoms with Crippen LogP contribution in [0.5, 0.6) is 0 Å². The number of benzene rings is 1. The van der Waals surface area contributed by atoms with Gasteiger partial charge < -0.3 is 10.2 Å². The van der Waals surface area contributed by atoms with Gasteiger partial charge in [-0.3, -0.25) is 29.0 Å². The van der Waals surface area contributed by atoms with E-state index in [1.165, 1.54) is 4.90 Å². The molecular formula is C17H13BrN2O6S2. The van der Waals surface area contributed by atoms with Gasteiger partial charge in [-0.25, -0.2) is 0 Å². The minimum atomic E-state index is -1.18. The zero-order chi connectivity index (χ0) is 20.6. The van der Waals surface area contributed by atoms with Crippen molar-refractivity contribution in [2.24, 2.45) is 0 Å². The van der Waals surface area contributed by atoms with E-state index in [0.717, 1.165) is 16.7 Å². The number of thioether (sulfide) groups is 1. The van der Waals surface area contributed by atoms with Crippen LogP contribution in [0.15, 0.2) is 27.6 Å². The second kappa shape index (κ2) is 8.02. The van der Waals surface area contributed by atoms with Crippen LogP contribution < -0.4 is 4.90 Å². The molecule has 1 aromatic rings. The van der Waals surface area contributed by atoms with Crippen molar-refractivity contribution in [3.8, 4) is 0 Å². The van der Waals surface area contributed by atoms with Crippen LogP contribution in [0.1, 0.15) is 18.4 Å². The lowest BCUT2D eigenvalue weighted by Crippen LogP contribution is -2.33. The van der Waals surface area contributed by atoms with Gasteiger partial charge >= 0.3 is 11.9 Å². The highest BCUT2D eigenvalue weighted by Gasteiger charge is 2.42. The highest BCUT2D eigenvalue weighted by atomic mass is 79.9. The number of carboxylic acids is 2. The Morgan fingerprint density at radius 3 is 2.46 bits per heavy atom. The monoisotopic (exact) mass is 484 g/mol. The first-order valence-electron chi connectivity index (χ1n) is 8.04. The highest BCUT2D eigenvalue weighted by Crippen LogP contribution is 2.45. The fourth-order valence-corrected chi connectivity index (χ4v) is 4.69. The lowest BCUT2D eigenvalue weighted by molar-refractivity contribution is -0.137. The molecule has 0 aliphatic carbocycles. The quantitative estimate of drug-likeness (QED) is 0.466. The molecule has 0 atom stereocenters. The van der Waals surface area contributed by atoms with E-state index in [1.54, 1.807) is 18.2 Å². The molecule has 0 bridgehead atoms. The van der Waals surface area contributed by atoms with Gasteiger partial charge in [0.2, 0.25) is 0 Å². The van der Waals surface area contributed by atoms with E-state index >= 15 is 0 Å². The fraction of sp³-hybridized carbons (Fsp3) is 0.235. The van der Waals surface area contributed by atoms with Crippen LogP contribution in [0.2, 0.25) is 0 Å². The van der Waals surface area contributed by atoms with E-state index in [4.69, 9.17) is 22.4 Å². The fourth-order valence-electron chi connectivity index (χ4n) is 2.95. The van der Waals surface area contributed by atoms with E-state index in [-0.39, 0.29) is 34.2 Å². The molecule has 0 spiro atoms. The topological polar surface area (TPSA) is 115 Å². The van der Waals surface area contributed by atoms with Crippen LogP contribution in [0.3, 0.4) is 0 Å². The van der Waals surface area contributed by atoms with Crippen molar-refractivity contribution in [2.45, 2.75) is 12.8 Å². The molecule has 1 fully saturated rings. The van der Waals surface area contributed by atoms with Crippen molar-refractivity contribution in [3.05, 3.63) is 33.1 Å². The Kier molecular flexibility index (Phi) is 5.87. The number of thiocarbonyl (C=S) groups is 1. The Balaban J connectivity index is 2.01. The minimum Gasteiger partial charge on any atom is -0.481 e. The van der Waals surface area contributed by atoms with Crippen molar-refractivity contribution in [1.29, 1.82) is 0 Å². The van der Waals surface area contributed by atoms with Crippen molar-refractivity contribution in [3.63, 3.8) is 0 Å². The summed E-state index contributed by atoms with van der Waals surface area (Å²) in [5, 5.41) is 17.9. The molecule has 146 valence electrons. The standard InChI is InChI=1S/C17H13BrN2O6S2/c18-8-3-4-10-9(6-8)13(15(25)20(10)7-12(23)24)14-16(26)19(17(27)28-14)5-1-2-11(21)22/h3-4,6H,1-2,5,7H2,(H,21,22)(H,23,24). The molecule has 0 saturated carbocycles. The molecule has 2 heterocycles. The highest BCUT2D eigenvalue weighted by molar-refractivity contribution is 9.10. The maximum absolute atomic E-state index is 12.9. The third-order valence-electron chi connectivity index (χ3n) is 4.12. The normalized spacial score (nSPS) is 18.8. The van der Waals surface area contributed by atoms with Crippen LogP contribution in [0.25, 0.3) is 5.57 Å². The van der Waals surface area contributed by atoms with Crippen molar-refractivity contribution >= 4 is 79.2 Å². The maximum atomic E-state index is 12.9. The number of nitrogens with zero attached hydrogens (tertiary/aromatic N) is 2. The summed E-state index contributed by atoms with van der Waals surface area (Å²) in [5.41, 5.74) is 0.962. The smallest absolute Gasteiger partial charge is 0.323 e. The van der Waals surface area contributed by atoms with Crippen LogP contribution in [-0.4, -0.2) is 56.3 Å². The number of carboxylic acid groups (broad SMARTS) is 2. The first kappa shape index (κ1) is 20.5. The van der Waals surface area contributed by atoms with Gasteiger partial charge in [-0.1, -0.05) is 39.9 Å². The molecule has 2 amide bonds. The summed E-state index contributed by atoms with van der Waals surface area (Å²) >= 11 is 9.52. The Labute approximate surface area is 177 Å². The van der Waals surface area contributed by atoms with E-state index in [1.807, 2.05) is 0 Å². The van der Waals surface area contributed by atoms with Crippen molar-refractivity contribution < 1.29 is 29.4 Å². The Morgan fingerprint density at radius 1 is 1.11 bits per heavy atom. The van der Waals surface area contributed by atoms with E-state index in [2.05, 4.69) is 15.9 Å². The largest absolute Gasteiger partial charge is 0.481 e. The van der Waals surface area contributed by atoms with Gasteiger partial charge in [0.05, 0.1) is 16.2 Å². The third kappa shape index (κ3) is 3.82. The first-order chi connectivity index (χ1) is 13.2. The zero-order valence-corrected chi connectivity index (χ0v) is 17.4. The van der Waals surface area contributed by atoms with E-state index < -0.39 is 30.3 Å². The summed E-state index contributed by atoms with van der Waals surface area (Å²) in [5.74, 6) is -3.21. The SMILES string of the molecule is O=C(O)CCCN1C(=O)C(=C2C(=O)N(CC(=O)O)c3ccc(Br)cc32)SC1=S. The van der Waals surface area contributed by atoms with Crippen LogP contribution >= 0.6 is 39.9 Å². The number of halogens is 1. The van der Waals surface area contributed by atoms with Crippen LogP contribution in [0.4, 0.5) is 5.69 Å².